The molecule has 2 fully saturated rings. The van der Waals surface area contributed by atoms with Gasteiger partial charge in [0.15, 0.2) is 24.8 Å². The Labute approximate surface area is 567 Å². The van der Waals surface area contributed by atoms with Crippen LogP contribution >= 0.6 is 0 Å². The number of hydrogen-bond donors (Lipinski definition) is 12. The van der Waals surface area contributed by atoms with Gasteiger partial charge >= 0.3 is 23.6 Å². The number of anilines is 6. The van der Waals surface area contributed by atoms with E-state index in [1.807, 2.05) is 6.07 Å². The number of pyridine rings is 2. The summed E-state index contributed by atoms with van der Waals surface area (Å²) < 4.78 is 83.7. The number of hydrazine groups is 2. The second kappa shape index (κ2) is 37.4. The molecule has 0 saturated carbocycles. The first-order valence-corrected chi connectivity index (χ1v) is 34.4. The van der Waals surface area contributed by atoms with E-state index in [9.17, 15) is 50.4 Å². The molecule has 2 aliphatic rings. The van der Waals surface area contributed by atoms with Crippen molar-refractivity contribution in [1.82, 2.24) is 42.1 Å². The minimum Gasteiger partial charge on any atom is -0.494 e. The lowest BCUT2D eigenvalue weighted by Crippen LogP contribution is -2.43. The number of sulfonamides is 2. The highest BCUT2D eigenvalue weighted by molar-refractivity contribution is 7.93. The molecule has 0 bridgehead atoms. The van der Waals surface area contributed by atoms with Crippen LogP contribution in [0.4, 0.5) is 34.1 Å². The molecule has 2 aliphatic heterocycles. The van der Waals surface area contributed by atoms with Crippen LogP contribution in [0, 0.1) is 0 Å². The second-order valence-corrected chi connectivity index (χ2v) is 25.6. The van der Waals surface area contributed by atoms with Crippen LogP contribution in [0.1, 0.15) is 41.6 Å². The van der Waals surface area contributed by atoms with E-state index < -0.39 is 55.5 Å². The van der Waals surface area contributed by atoms with Crippen LogP contribution < -0.4 is 81.8 Å². The number of amides is 7. The van der Waals surface area contributed by atoms with Crippen LogP contribution in [0.15, 0.2) is 144 Å². The summed E-state index contributed by atoms with van der Waals surface area (Å²) in [7, 11) is -5.67. The molecule has 524 valence electrons. The zero-order valence-electron chi connectivity index (χ0n) is 54.2. The third-order valence-electron chi connectivity index (χ3n) is 14.9. The van der Waals surface area contributed by atoms with Crippen molar-refractivity contribution in [3.63, 3.8) is 0 Å². The number of hydroxylamine groups is 1. The predicted octanol–water partition coefficient (Wildman–Crippen LogP) is 0.952. The summed E-state index contributed by atoms with van der Waals surface area (Å²) in [6.07, 6.45) is 9.15. The molecular weight excluding hydrogens is 1310 g/mol. The Bertz CT molecular complexity index is 3970. The molecule has 0 unspecified atom stereocenters. The number of morpholine rings is 2. The van der Waals surface area contributed by atoms with Gasteiger partial charge in [-0.3, -0.25) is 79.3 Å². The molecule has 0 aliphatic carbocycles. The lowest BCUT2D eigenvalue weighted by Gasteiger charge is -2.26. The first-order chi connectivity index (χ1) is 47.3. The summed E-state index contributed by atoms with van der Waals surface area (Å²) >= 11 is 0. The number of carbonyl (C=O) groups excluding carboxylic acids is 7. The van der Waals surface area contributed by atoms with Gasteiger partial charge in [0.1, 0.15) is 17.1 Å². The number of nitrogens with one attached hydrogen (secondary N) is 12. The van der Waals surface area contributed by atoms with E-state index in [0.717, 1.165) is 44.8 Å². The van der Waals surface area contributed by atoms with Gasteiger partial charge in [-0.15, -0.1) is 0 Å². The van der Waals surface area contributed by atoms with Gasteiger partial charge in [-0.05, 0) is 112 Å². The van der Waals surface area contributed by atoms with Gasteiger partial charge in [-0.2, -0.15) is 9.13 Å². The number of ether oxygens (including phenoxy) is 4. The minimum absolute atomic E-state index is 0.101. The van der Waals surface area contributed by atoms with Crippen LogP contribution in [0.2, 0.25) is 0 Å². The summed E-state index contributed by atoms with van der Waals surface area (Å²) in [5, 5.41) is 13.5. The van der Waals surface area contributed by atoms with Gasteiger partial charge in [0.2, 0.25) is 13.1 Å². The second-order valence-electron chi connectivity index (χ2n) is 22.3. The van der Waals surface area contributed by atoms with E-state index in [-0.39, 0.29) is 81.0 Å². The third kappa shape index (κ3) is 23.9. The van der Waals surface area contributed by atoms with Crippen molar-refractivity contribution in [1.29, 1.82) is 0 Å². The third-order valence-corrected chi connectivity index (χ3v) is 17.7. The number of rotatable bonds is 35. The molecule has 0 atom stereocenters. The fourth-order valence-electron chi connectivity index (χ4n) is 9.89. The molecular formula is C64H82N16O16S2+2. The SMILES string of the molecule is COc1cc(NS(=O)(=O)c2cccc(NC(=O)C[n+]3cccc(CONCCCCNC(=O)c4ccc[n+](CC(=O)Nc5cccc(S(=O)(=O)Nc6ccc(NNC(=O)C(=O)NCCCN7CCOCC7)c(OC)c6)c5)c4)c3)c2)ccc1NNC(=O)C(=O)NCCCN1CCOCC1. The molecule has 4 heterocycles. The Balaban J connectivity index is 0.691. The number of nitrogens with zero attached hydrogens (tertiary/aromatic N) is 4. The Kier molecular flexibility index (Phi) is 28.2. The first-order valence-electron chi connectivity index (χ1n) is 31.4. The van der Waals surface area contributed by atoms with Crippen molar-refractivity contribution in [3.05, 3.63) is 145 Å². The smallest absolute Gasteiger partial charge is 0.327 e. The number of unbranched alkanes of at least 4 members (excludes halogenated alkanes) is 1. The molecule has 6 aromatic rings. The van der Waals surface area contributed by atoms with E-state index in [1.54, 1.807) is 47.4 Å². The zero-order valence-corrected chi connectivity index (χ0v) is 55.8. The molecule has 34 heteroatoms. The number of benzene rings is 4. The fourth-order valence-corrected chi connectivity index (χ4v) is 12.1. The monoisotopic (exact) mass is 1390 g/mol. The highest BCUT2D eigenvalue weighted by Crippen LogP contribution is 2.31. The highest BCUT2D eigenvalue weighted by Gasteiger charge is 2.23. The minimum atomic E-state index is -4.20. The molecule has 2 aromatic heterocycles. The summed E-state index contributed by atoms with van der Waals surface area (Å²) in [6, 6.07) is 26.7. The number of aromatic nitrogens is 2. The van der Waals surface area contributed by atoms with Gasteiger partial charge in [0, 0.05) is 93.6 Å². The summed E-state index contributed by atoms with van der Waals surface area (Å²) in [5.41, 5.74) is 15.0. The summed E-state index contributed by atoms with van der Waals surface area (Å²) in [5.74, 6) is -4.48. The van der Waals surface area contributed by atoms with E-state index in [4.69, 9.17) is 23.8 Å². The molecule has 8 rings (SSSR count). The van der Waals surface area contributed by atoms with Crippen molar-refractivity contribution in [2.45, 2.75) is 55.2 Å². The molecule has 4 aromatic carbocycles. The maximum atomic E-state index is 13.5. The summed E-state index contributed by atoms with van der Waals surface area (Å²) in [4.78, 5) is 98.8. The van der Waals surface area contributed by atoms with Gasteiger partial charge in [0.05, 0.1) is 79.8 Å². The van der Waals surface area contributed by atoms with Crippen molar-refractivity contribution in [2.24, 2.45) is 0 Å². The molecule has 98 heavy (non-hydrogen) atoms. The molecule has 7 amide bonds. The van der Waals surface area contributed by atoms with Gasteiger partial charge in [-0.25, -0.2) is 22.3 Å². The van der Waals surface area contributed by atoms with E-state index in [1.165, 1.54) is 104 Å². The van der Waals surface area contributed by atoms with Gasteiger partial charge in [0.25, 0.3) is 37.8 Å². The molecule has 32 nitrogen and oxygen atoms in total. The average molecular weight is 1400 g/mol. The van der Waals surface area contributed by atoms with Gasteiger partial charge < -0.3 is 45.5 Å². The first kappa shape index (κ1) is 73.7. The largest absolute Gasteiger partial charge is 0.494 e. The van der Waals surface area contributed by atoms with Crippen molar-refractivity contribution in [3.8, 4) is 11.5 Å². The normalized spacial score (nSPS) is 13.4. The van der Waals surface area contributed by atoms with E-state index in [0.29, 0.717) is 83.9 Å². The Morgan fingerprint density at radius 3 is 1.47 bits per heavy atom. The topological polar surface area (TPSA) is 393 Å². The highest BCUT2D eigenvalue weighted by atomic mass is 32.2. The molecule has 0 radical (unpaired) electrons. The van der Waals surface area contributed by atoms with E-state index >= 15 is 0 Å². The van der Waals surface area contributed by atoms with Crippen LogP contribution in [-0.2, 0) is 82.8 Å². The average Bonchev–Trinajstić information content (AvgIpc) is 0.828. The quantitative estimate of drug-likeness (QED) is 0.0114. The number of hydrogen-bond acceptors (Lipinski definition) is 21. The number of methoxy groups -OCH3 is 2. The van der Waals surface area contributed by atoms with Crippen LogP contribution in [0.5, 0.6) is 11.5 Å². The van der Waals surface area contributed by atoms with Crippen molar-refractivity contribution >= 4 is 95.5 Å². The van der Waals surface area contributed by atoms with Gasteiger partial charge in [-0.1, -0.05) is 12.1 Å². The lowest BCUT2D eigenvalue weighted by atomic mass is 10.2. The van der Waals surface area contributed by atoms with Crippen LogP contribution in [0.25, 0.3) is 0 Å². The van der Waals surface area contributed by atoms with Crippen LogP contribution in [-0.4, -0.2) is 174 Å². The predicted molar refractivity (Wildman–Crippen MR) is 359 cm³/mol. The number of carbonyl (C=O) groups is 7. The zero-order chi connectivity index (χ0) is 69.7. The summed E-state index contributed by atoms with van der Waals surface area (Å²) in [6.45, 7) is 8.77. The Morgan fingerprint density at radius 1 is 0.500 bits per heavy atom. The maximum absolute atomic E-state index is 13.5. The molecule has 12 N–H and O–H groups in total. The van der Waals surface area contributed by atoms with Crippen molar-refractivity contribution in [2.75, 3.05) is 137 Å². The van der Waals surface area contributed by atoms with Crippen molar-refractivity contribution < 1.29 is 83.3 Å². The van der Waals surface area contributed by atoms with Crippen LogP contribution in [0.3, 0.4) is 0 Å². The Hall–Kier alpha value is -10.1. The molecule has 0 spiro atoms. The standard InChI is InChI=1S/C64H80N16O16S2/c1-92-56-39-50(17-19-54(56)71-73-63(86)61(84)66-22-9-27-77-29-33-94-34-30-77)75-97(88,89)52-15-5-13-48(37-52)69-58(81)43-79-25-7-11-46(41-79)45-96-68-24-4-3-21-65-60(83)47-12-8-26-80(42-47)44-59(82)70-49-14-6-16-53(38-49)98(90,91)76-51-18-20-55(57(40-51)93-2)72-74-64(87)62(85)67-23-10-28-78-31-35-95-36-32-78/h5-8,11-20,25-26,37-42,68H,3-4,9-10,21-24,27-36,43-45H2,1-2H3,(H9-2,65,66,67,69,70,71,72,73,74,75,76,81,82,83,84,85,86,87)/p+2. The fraction of sp³-hybridized carbons (Fsp3) is 0.359. The molecule has 2 saturated heterocycles. The maximum Gasteiger partial charge on any atom is 0.327 e. The Morgan fingerprint density at radius 2 is 0.969 bits per heavy atom. The van der Waals surface area contributed by atoms with E-state index in [2.05, 4.69) is 73.0 Å². The lowest BCUT2D eigenvalue weighted by molar-refractivity contribution is -0.684.